The van der Waals surface area contributed by atoms with Crippen LogP contribution in [0.5, 0.6) is 0 Å². The molecule has 0 atom stereocenters. The molecule has 0 saturated heterocycles. The molecule has 0 aromatic heterocycles. The second-order valence-electron chi connectivity index (χ2n) is 3.06. The summed E-state index contributed by atoms with van der Waals surface area (Å²) in [7, 11) is 0. The van der Waals surface area contributed by atoms with Gasteiger partial charge in [0.2, 0.25) is 0 Å². The van der Waals surface area contributed by atoms with Crippen molar-refractivity contribution in [3.05, 3.63) is 23.5 Å². The van der Waals surface area contributed by atoms with Crippen LogP contribution in [0.4, 0.5) is 0 Å². The van der Waals surface area contributed by atoms with Gasteiger partial charge in [-0.15, -0.1) is 0 Å². The number of hydrogen-bond acceptors (Lipinski definition) is 4. The van der Waals surface area contributed by atoms with Gasteiger partial charge in [0.05, 0.1) is 0 Å². The first-order valence-corrected chi connectivity index (χ1v) is 5.02. The van der Waals surface area contributed by atoms with Crippen molar-refractivity contribution in [2.24, 2.45) is 0 Å². The molecule has 0 saturated carbocycles. The lowest BCUT2D eigenvalue weighted by molar-refractivity contribution is -0.132. The minimum absolute atomic E-state index is 0.342. The van der Waals surface area contributed by atoms with Gasteiger partial charge in [-0.1, -0.05) is 0 Å². The van der Waals surface area contributed by atoms with Crippen molar-refractivity contribution >= 4 is 5.97 Å². The highest BCUT2D eigenvalue weighted by atomic mass is 16.7. The third kappa shape index (κ3) is 3.49. The molecule has 1 rings (SSSR count). The number of rotatable bonds is 5. The Bertz CT molecular complexity index is 285. The third-order valence-corrected chi connectivity index (χ3v) is 1.88. The SMILES string of the molecule is CCOC(/C=C1\OC(=O)C=C1C)OCC. The van der Waals surface area contributed by atoms with Gasteiger partial charge < -0.3 is 14.2 Å². The first kappa shape index (κ1) is 11.9. The number of carbonyl (C=O) groups excluding carboxylic acids is 1. The standard InChI is InChI=1S/C11H16O4/c1-4-13-11(14-5-2)7-9-8(3)6-10(12)15-9/h6-7,11H,4-5H2,1-3H3/b9-7-. The van der Waals surface area contributed by atoms with Gasteiger partial charge in [-0.3, -0.25) is 0 Å². The van der Waals surface area contributed by atoms with Crippen LogP contribution >= 0.6 is 0 Å². The summed E-state index contributed by atoms with van der Waals surface area (Å²) in [6, 6.07) is 0. The Morgan fingerprint density at radius 3 is 2.40 bits per heavy atom. The van der Waals surface area contributed by atoms with Crippen LogP contribution in [0.15, 0.2) is 23.5 Å². The summed E-state index contributed by atoms with van der Waals surface area (Å²) in [6.45, 7) is 6.67. The molecule has 1 aliphatic rings. The van der Waals surface area contributed by atoms with Crippen LogP contribution in [0.25, 0.3) is 0 Å². The van der Waals surface area contributed by atoms with E-state index >= 15 is 0 Å². The zero-order valence-corrected chi connectivity index (χ0v) is 9.28. The summed E-state index contributed by atoms with van der Waals surface area (Å²) < 4.78 is 15.6. The molecule has 4 heteroatoms. The molecule has 0 radical (unpaired) electrons. The van der Waals surface area contributed by atoms with E-state index in [1.807, 2.05) is 20.8 Å². The molecule has 4 nitrogen and oxygen atoms in total. The molecule has 0 bridgehead atoms. The molecule has 1 heterocycles. The number of esters is 1. The Balaban J connectivity index is 2.66. The summed E-state index contributed by atoms with van der Waals surface area (Å²) in [5.41, 5.74) is 0.796. The highest BCUT2D eigenvalue weighted by Gasteiger charge is 2.18. The average molecular weight is 212 g/mol. The van der Waals surface area contributed by atoms with E-state index in [2.05, 4.69) is 0 Å². The van der Waals surface area contributed by atoms with Crippen LogP contribution in [0.3, 0.4) is 0 Å². The fourth-order valence-corrected chi connectivity index (χ4v) is 1.23. The van der Waals surface area contributed by atoms with Gasteiger partial charge in [0, 0.05) is 25.4 Å². The number of hydrogen-bond donors (Lipinski definition) is 0. The molecular weight excluding hydrogens is 196 g/mol. The molecular formula is C11H16O4. The lowest BCUT2D eigenvalue weighted by Crippen LogP contribution is -2.15. The van der Waals surface area contributed by atoms with Crippen LogP contribution in [0.2, 0.25) is 0 Å². The van der Waals surface area contributed by atoms with Gasteiger partial charge in [0.25, 0.3) is 0 Å². The van der Waals surface area contributed by atoms with Crippen molar-refractivity contribution < 1.29 is 19.0 Å². The maximum Gasteiger partial charge on any atom is 0.336 e. The molecule has 0 aliphatic carbocycles. The minimum Gasteiger partial charge on any atom is -0.423 e. The molecule has 15 heavy (non-hydrogen) atoms. The Hall–Kier alpha value is -1.13. The molecule has 0 aromatic rings. The van der Waals surface area contributed by atoms with Gasteiger partial charge >= 0.3 is 5.97 Å². The highest BCUT2D eigenvalue weighted by Crippen LogP contribution is 2.20. The van der Waals surface area contributed by atoms with Crippen LogP contribution in [0, 0.1) is 0 Å². The third-order valence-electron chi connectivity index (χ3n) is 1.88. The van der Waals surface area contributed by atoms with Crippen molar-refractivity contribution in [3.63, 3.8) is 0 Å². The molecule has 84 valence electrons. The van der Waals surface area contributed by atoms with E-state index in [-0.39, 0.29) is 5.97 Å². The molecule has 0 aromatic carbocycles. The van der Waals surface area contributed by atoms with E-state index in [9.17, 15) is 4.79 Å². The van der Waals surface area contributed by atoms with Gasteiger partial charge in [0.1, 0.15) is 5.76 Å². The van der Waals surface area contributed by atoms with Crippen molar-refractivity contribution in [2.75, 3.05) is 13.2 Å². The summed E-state index contributed by atoms with van der Waals surface area (Å²) >= 11 is 0. The summed E-state index contributed by atoms with van der Waals surface area (Å²) in [5, 5.41) is 0. The van der Waals surface area contributed by atoms with E-state index in [0.717, 1.165) is 5.57 Å². The van der Waals surface area contributed by atoms with Gasteiger partial charge in [-0.05, 0) is 26.3 Å². The molecule has 0 amide bonds. The maximum atomic E-state index is 10.9. The molecule has 0 N–H and O–H groups in total. The summed E-state index contributed by atoms with van der Waals surface area (Å²) in [4.78, 5) is 10.9. The van der Waals surface area contributed by atoms with E-state index in [4.69, 9.17) is 14.2 Å². The summed E-state index contributed by atoms with van der Waals surface area (Å²) in [5.74, 6) is 0.178. The number of cyclic esters (lactones) is 1. The molecule has 0 spiro atoms. The van der Waals surface area contributed by atoms with Gasteiger partial charge in [0.15, 0.2) is 6.29 Å². The minimum atomic E-state index is -0.454. The topological polar surface area (TPSA) is 44.8 Å². The largest absolute Gasteiger partial charge is 0.423 e. The smallest absolute Gasteiger partial charge is 0.336 e. The zero-order chi connectivity index (χ0) is 11.3. The van der Waals surface area contributed by atoms with Crippen LogP contribution < -0.4 is 0 Å². The molecule has 0 unspecified atom stereocenters. The van der Waals surface area contributed by atoms with Crippen LogP contribution in [-0.2, 0) is 19.0 Å². The van der Waals surface area contributed by atoms with Gasteiger partial charge in [-0.25, -0.2) is 4.79 Å². The Morgan fingerprint density at radius 1 is 1.40 bits per heavy atom. The van der Waals surface area contributed by atoms with E-state index in [1.165, 1.54) is 6.08 Å². The average Bonchev–Trinajstić information content (AvgIpc) is 2.46. The number of carbonyl (C=O) groups is 1. The first-order valence-electron chi connectivity index (χ1n) is 5.02. The fraction of sp³-hybridized carbons (Fsp3) is 0.545. The first-order chi connectivity index (χ1) is 7.17. The monoisotopic (exact) mass is 212 g/mol. The summed E-state index contributed by atoms with van der Waals surface area (Å²) in [6.07, 6.45) is 2.66. The second kappa shape index (κ2) is 5.68. The van der Waals surface area contributed by atoms with Crippen LogP contribution in [-0.4, -0.2) is 25.5 Å². The quantitative estimate of drug-likeness (QED) is 0.514. The Morgan fingerprint density at radius 2 is 2.00 bits per heavy atom. The van der Waals surface area contributed by atoms with Crippen molar-refractivity contribution in [1.82, 2.24) is 0 Å². The highest BCUT2D eigenvalue weighted by molar-refractivity contribution is 5.88. The van der Waals surface area contributed by atoms with E-state index in [0.29, 0.717) is 19.0 Å². The lowest BCUT2D eigenvalue weighted by atomic mass is 10.2. The molecule has 0 fully saturated rings. The van der Waals surface area contributed by atoms with Gasteiger partial charge in [-0.2, -0.15) is 0 Å². The van der Waals surface area contributed by atoms with E-state index < -0.39 is 6.29 Å². The number of allylic oxidation sites excluding steroid dienone is 1. The lowest BCUT2D eigenvalue weighted by Gasteiger charge is -2.13. The Kier molecular flexibility index (Phi) is 4.52. The van der Waals surface area contributed by atoms with Crippen molar-refractivity contribution in [3.8, 4) is 0 Å². The predicted molar refractivity (Wildman–Crippen MR) is 55.0 cm³/mol. The normalized spacial score (nSPS) is 18.5. The molecule has 1 aliphatic heterocycles. The predicted octanol–water partition coefficient (Wildman–Crippen LogP) is 1.77. The second-order valence-corrected chi connectivity index (χ2v) is 3.06. The maximum absolute atomic E-state index is 10.9. The fourth-order valence-electron chi connectivity index (χ4n) is 1.23. The van der Waals surface area contributed by atoms with Crippen molar-refractivity contribution in [1.29, 1.82) is 0 Å². The van der Waals surface area contributed by atoms with E-state index in [1.54, 1.807) is 6.08 Å². The zero-order valence-electron chi connectivity index (χ0n) is 9.28. The Labute approximate surface area is 89.5 Å². The number of ether oxygens (including phenoxy) is 3. The van der Waals surface area contributed by atoms with Crippen molar-refractivity contribution in [2.45, 2.75) is 27.1 Å². The van der Waals surface area contributed by atoms with Crippen LogP contribution in [0.1, 0.15) is 20.8 Å².